The summed E-state index contributed by atoms with van der Waals surface area (Å²) in [6.45, 7) is 18.4. The van der Waals surface area contributed by atoms with Crippen LogP contribution in [0.2, 0.25) is 0 Å². The van der Waals surface area contributed by atoms with E-state index in [2.05, 4.69) is 31.9 Å². The third kappa shape index (κ3) is 5.93. The molecule has 3 fully saturated rings. The zero-order valence-corrected chi connectivity index (χ0v) is 27.0. The first-order valence-electron chi connectivity index (χ1n) is 16.3. The second-order valence-corrected chi connectivity index (χ2v) is 12.5. The number of carbonyl (C=O) groups excluding carboxylic acids is 3. The van der Waals surface area contributed by atoms with Crippen LogP contribution in [0, 0.1) is 17.8 Å². The van der Waals surface area contributed by atoms with E-state index in [0.29, 0.717) is 44.3 Å². The molecule has 0 aromatic heterocycles. The molecule has 3 aliphatic rings. The Labute approximate surface area is 262 Å². The number of benzene rings is 1. The number of carbonyl (C=O) groups is 3. The molecule has 4 rings (SSSR count). The van der Waals surface area contributed by atoms with E-state index < -0.39 is 35.0 Å². The minimum absolute atomic E-state index is 0.0666. The van der Waals surface area contributed by atoms with E-state index in [4.69, 9.17) is 9.47 Å². The number of nitrogens with zero attached hydrogens (tertiary/aromatic N) is 3. The highest BCUT2D eigenvalue weighted by Gasteiger charge is 2.80. The number of anilines is 2. The van der Waals surface area contributed by atoms with Crippen molar-refractivity contribution < 1.29 is 29.0 Å². The first-order chi connectivity index (χ1) is 21.1. The normalized spacial score (nSPS) is 28.6. The molecular formula is C35H51N3O6. The Kier molecular flexibility index (Phi) is 10.9. The number of esters is 1. The highest BCUT2D eigenvalue weighted by Crippen LogP contribution is 2.65. The zero-order valence-electron chi connectivity index (χ0n) is 27.0. The van der Waals surface area contributed by atoms with Gasteiger partial charge in [0.05, 0.1) is 18.1 Å². The third-order valence-corrected chi connectivity index (χ3v) is 10.0. The number of ether oxygens (including phenoxy) is 2. The van der Waals surface area contributed by atoms with Crippen molar-refractivity contribution >= 4 is 29.2 Å². The number of rotatable bonds is 17. The van der Waals surface area contributed by atoms with Crippen molar-refractivity contribution in [2.24, 2.45) is 17.8 Å². The van der Waals surface area contributed by atoms with Crippen LogP contribution in [-0.2, 0) is 23.9 Å². The molecular weight excluding hydrogens is 558 g/mol. The van der Waals surface area contributed by atoms with Gasteiger partial charge in [-0.3, -0.25) is 14.4 Å². The van der Waals surface area contributed by atoms with Gasteiger partial charge in [-0.1, -0.05) is 19.1 Å². The van der Waals surface area contributed by atoms with Crippen molar-refractivity contribution in [3.63, 3.8) is 0 Å². The number of aliphatic hydroxyl groups excluding tert-OH is 1. The Bertz CT molecular complexity index is 1200. The molecule has 1 N–H and O–H groups in total. The van der Waals surface area contributed by atoms with Crippen LogP contribution < -0.4 is 9.80 Å². The highest BCUT2D eigenvalue weighted by molar-refractivity contribution is 6.05. The van der Waals surface area contributed by atoms with Gasteiger partial charge >= 0.3 is 5.97 Å². The van der Waals surface area contributed by atoms with Crippen LogP contribution in [0.5, 0.6) is 0 Å². The monoisotopic (exact) mass is 609 g/mol. The minimum Gasteiger partial charge on any atom is -0.465 e. The van der Waals surface area contributed by atoms with E-state index in [-0.39, 0.29) is 37.5 Å². The third-order valence-electron chi connectivity index (χ3n) is 10.0. The van der Waals surface area contributed by atoms with E-state index in [1.54, 1.807) is 22.0 Å². The number of likely N-dealkylation sites (tertiary alicyclic amines) is 1. The second kappa shape index (κ2) is 14.3. The summed E-state index contributed by atoms with van der Waals surface area (Å²) < 4.78 is 12.6. The quantitative estimate of drug-likeness (QED) is 0.155. The Balaban J connectivity index is 1.73. The minimum atomic E-state index is -1.15. The van der Waals surface area contributed by atoms with Gasteiger partial charge in [-0.15, -0.1) is 13.2 Å². The lowest BCUT2D eigenvalue weighted by atomic mass is 9.62. The van der Waals surface area contributed by atoms with Crippen molar-refractivity contribution in [1.82, 2.24) is 4.90 Å². The van der Waals surface area contributed by atoms with Gasteiger partial charge in [-0.05, 0) is 89.5 Å². The van der Waals surface area contributed by atoms with E-state index >= 15 is 0 Å². The molecule has 9 heteroatoms. The summed E-state index contributed by atoms with van der Waals surface area (Å²) in [4.78, 5) is 48.4. The van der Waals surface area contributed by atoms with Crippen LogP contribution in [0.3, 0.4) is 0 Å². The summed E-state index contributed by atoms with van der Waals surface area (Å²) in [5.74, 6) is -2.59. The lowest BCUT2D eigenvalue weighted by molar-refractivity contribution is -0.161. The van der Waals surface area contributed by atoms with Gasteiger partial charge in [0, 0.05) is 44.2 Å². The Hall–Kier alpha value is -3.17. The van der Waals surface area contributed by atoms with Crippen molar-refractivity contribution in [3.05, 3.63) is 49.6 Å². The number of hydrogen-bond acceptors (Lipinski definition) is 7. The van der Waals surface area contributed by atoms with E-state index in [9.17, 15) is 19.5 Å². The molecule has 1 aromatic carbocycles. The molecule has 2 bridgehead atoms. The van der Waals surface area contributed by atoms with Crippen LogP contribution in [0.15, 0.2) is 49.6 Å². The van der Waals surface area contributed by atoms with Gasteiger partial charge in [0.1, 0.15) is 17.6 Å². The first kappa shape index (κ1) is 33.7. The summed E-state index contributed by atoms with van der Waals surface area (Å²) in [7, 11) is 0. The molecule has 44 heavy (non-hydrogen) atoms. The number of amides is 2. The molecule has 0 aliphatic carbocycles. The van der Waals surface area contributed by atoms with E-state index in [1.807, 2.05) is 38.1 Å². The molecule has 3 heterocycles. The molecule has 1 spiro atoms. The summed E-state index contributed by atoms with van der Waals surface area (Å²) in [6.07, 6.45) is 7.29. The topological polar surface area (TPSA) is 99.6 Å². The molecule has 0 radical (unpaired) electrons. The smallest absolute Gasteiger partial charge is 0.312 e. The highest BCUT2D eigenvalue weighted by atomic mass is 16.6. The van der Waals surface area contributed by atoms with Gasteiger partial charge in [0.2, 0.25) is 5.91 Å². The van der Waals surface area contributed by atoms with Gasteiger partial charge in [0.25, 0.3) is 5.91 Å². The van der Waals surface area contributed by atoms with Gasteiger partial charge in [-0.2, -0.15) is 0 Å². The zero-order chi connectivity index (χ0) is 32.1. The van der Waals surface area contributed by atoms with Crippen molar-refractivity contribution in [1.29, 1.82) is 0 Å². The van der Waals surface area contributed by atoms with Crippen molar-refractivity contribution in [3.8, 4) is 0 Å². The number of hydrogen-bond donors (Lipinski definition) is 1. The van der Waals surface area contributed by atoms with E-state index in [1.165, 1.54) is 0 Å². The standard InChI is InChI=1S/C35H51N3O6/c1-7-11-15-23-43-33(42)29-28-31(40)38(21-13-12-14-22-39)30(35(28)24-25(5)34(29,6)44-35)32(41)37(20-8-2)27-18-16-26(17-19-27)36(9-3)10-4/h7-8,16-19,25,28-30,39H,1-2,9-15,20-24H2,3-6H3/t25?,28-,29+,30?,34-,35?/m0/s1. The molecule has 2 amide bonds. The average molecular weight is 610 g/mol. The second-order valence-electron chi connectivity index (χ2n) is 12.5. The largest absolute Gasteiger partial charge is 0.465 e. The predicted octanol–water partition coefficient (Wildman–Crippen LogP) is 4.73. The summed E-state index contributed by atoms with van der Waals surface area (Å²) in [6, 6.07) is 7.00. The molecule has 3 aliphatic heterocycles. The predicted molar refractivity (Wildman–Crippen MR) is 172 cm³/mol. The molecule has 0 saturated carbocycles. The van der Waals surface area contributed by atoms with Crippen LogP contribution in [0.1, 0.15) is 66.2 Å². The maximum atomic E-state index is 14.8. The van der Waals surface area contributed by atoms with Crippen LogP contribution in [0.4, 0.5) is 11.4 Å². The first-order valence-corrected chi connectivity index (χ1v) is 16.3. The molecule has 3 saturated heterocycles. The van der Waals surface area contributed by atoms with Crippen LogP contribution in [-0.4, -0.2) is 84.4 Å². The number of allylic oxidation sites excluding steroid dienone is 1. The Morgan fingerprint density at radius 1 is 1.09 bits per heavy atom. The molecule has 3 unspecified atom stereocenters. The summed E-state index contributed by atoms with van der Waals surface area (Å²) in [5.41, 5.74) is -0.293. The van der Waals surface area contributed by atoms with Gasteiger partial charge < -0.3 is 29.3 Å². The van der Waals surface area contributed by atoms with Crippen LogP contribution >= 0.6 is 0 Å². The number of fused-ring (bicyclic) bond motifs is 1. The van der Waals surface area contributed by atoms with Gasteiger partial charge in [-0.25, -0.2) is 0 Å². The Morgan fingerprint density at radius 3 is 2.39 bits per heavy atom. The maximum Gasteiger partial charge on any atom is 0.312 e. The SMILES string of the molecule is C=CCCCOC(=O)[C@H]1[C@H]2C(=O)N(CCCCCO)C(C(=O)N(CC=C)c3ccc(N(CC)CC)cc3)C23CC(C)[C@]1(C)O3. The van der Waals surface area contributed by atoms with Crippen molar-refractivity contribution in [2.75, 3.05) is 49.2 Å². The lowest BCUT2D eigenvalue weighted by Gasteiger charge is -2.37. The molecule has 1 aromatic rings. The average Bonchev–Trinajstić information content (AvgIpc) is 3.53. The summed E-state index contributed by atoms with van der Waals surface area (Å²) >= 11 is 0. The molecule has 9 nitrogen and oxygen atoms in total. The fraction of sp³-hybridized carbons (Fsp3) is 0.629. The van der Waals surface area contributed by atoms with Crippen molar-refractivity contribution in [2.45, 2.75) is 83.5 Å². The number of aliphatic hydroxyl groups is 1. The van der Waals surface area contributed by atoms with Crippen LogP contribution in [0.25, 0.3) is 0 Å². The molecule has 6 atom stereocenters. The summed E-state index contributed by atoms with van der Waals surface area (Å²) in [5, 5.41) is 9.34. The van der Waals surface area contributed by atoms with E-state index in [0.717, 1.165) is 25.2 Å². The van der Waals surface area contributed by atoms with Gasteiger partial charge in [0.15, 0.2) is 0 Å². The fourth-order valence-electron chi connectivity index (χ4n) is 7.71. The maximum absolute atomic E-state index is 14.8. The lowest BCUT2D eigenvalue weighted by Crippen LogP contribution is -2.57. The number of unbranched alkanes of at least 4 members (excludes halogenated alkanes) is 3. The Morgan fingerprint density at radius 2 is 1.77 bits per heavy atom. The fourth-order valence-corrected chi connectivity index (χ4v) is 7.71. The molecule has 242 valence electrons.